The van der Waals surface area contributed by atoms with Gasteiger partial charge in [-0.1, -0.05) is 182 Å². The number of ketones is 2. The van der Waals surface area contributed by atoms with Gasteiger partial charge >= 0.3 is 0 Å². The summed E-state index contributed by atoms with van der Waals surface area (Å²) in [5, 5.41) is 13.9. The summed E-state index contributed by atoms with van der Waals surface area (Å²) in [4.78, 5) is 32.0. The Morgan fingerprint density at radius 1 is 0.369 bits per heavy atom. The summed E-state index contributed by atoms with van der Waals surface area (Å²) >= 11 is 0. The number of fused-ring (bicyclic) bond motifs is 3. The van der Waals surface area contributed by atoms with Crippen molar-refractivity contribution in [3.8, 4) is 33.7 Å². The highest BCUT2D eigenvalue weighted by Crippen LogP contribution is 2.44. The van der Waals surface area contributed by atoms with Crippen LogP contribution in [0.5, 0.6) is 5.75 Å². The van der Waals surface area contributed by atoms with Gasteiger partial charge < -0.3 is 19.5 Å². The molecule has 0 atom stereocenters. The molecule has 6 nitrogen and oxygen atoms in total. The van der Waals surface area contributed by atoms with Crippen LogP contribution in [0, 0.1) is 13.8 Å². The van der Waals surface area contributed by atoms with Gasteiger partial charge in [-0.2, -0.15) is 0 Å². The lowest BCUT2D eigenvalue weighted by atomic mass is 9.92. The van der Waals surface area contributed by atoms with Gasteiger partial charge in [-0.25, -0.2) is 0 Å². The maximum Gasteiger partial charge on any atom is 0.196 e. The second-order valence-electron chi connectivity index (χ2n) is 21.4. The number of aromatic hydroxyl groups is 1. The molecule has 84 heavy (non-hydrogen) atoms. The first kappa shape index (κ1) is 52.5. The van der Waals surface area contributed by atoms with Crippen LogP contribution in [0.3, 0.4) is 0 Å². The van der Waals surface area contributed by atoms with Crippen molar-refractivity contribution in [2.75, 3.05) is 9.80 Å². The molecule has 0 saturated carbocycles. The predicted octanol–water partition coefficient (Wildman–Crippen LogP) is 19.6. The van der Waals surface area contributed by atoms with E-state index >= 15 is 0 Å². The van der Waals surface area contributed by atoms with E-state index in [4.69, 9.17) is 0 Å². The highest BCUT2D eigenvalue weighted by molar-refractivity contribution is 6.12. The highest BCUT2D eigenvalue weighted by Gasteiger charge is 2.23. The number of rotatable bonds is 16. The van der Waals surface area contributed by atoms with Gasteiger partial charge in [-0.15, -0.1) is 0 Å². The molecule has 13 aromatic rings. The summed E-state index contributed by atoms with van der Waals surface area (Å²) in [5.74, 6) is -0.354. The van der Waals surface area contributed by atoms with Crippen LogP contribution in [0.1, 0.15) is 54.1 Å². The first-order valence-corrected chi connectivity index (χ1v) is 28.5. The summed E-state index contributed by atoms with van der Waals surface area (Å²) in [6, 6.07) is 98.7. The van der Waals surface area contributed by atoms with E-state index in [0.29, 0.717) is 22.4 Å². The zero-order valence-corrected chi connectivity index (χ0v) is 46.7. The van der Waals surface area contributed by atoms with E-state index in [1.807, 2.05) is 73.7 Å². The maximum absolute atomic E-state index is 13.9. The van der Waals surface area contributed by atoms with Crippen molar-refractivity contribution >= 4 is 67.5 Å². The van der Waals surface area contributed by atoms with Gasteiger partial charge in [0.05, 0.1) is 16.6 Å². The average Bonchev–Trinajstić information content (AvgIpc) is 3.11. The third-order valence-corrected chi connectivity index (χ3v) is 16.1. The first-order valence-electron chi connectivity index (χ1n) is 28.5. The van der Waals surface area contributed by atoms with Crippen molar-refractivity contribution in [1.29, 1.82) is 0 Å². The van der Waals surface area contributed by atoms with Crippen LogP contribution in [-0.2, 0) is 12.8 Å². The molecule has 1 N–H and O–H groups in total. The molecular formula is C78H59N3O3. The van der Waals surface area contributed by atoms with Gasteiger partial charge in [-0.05, 0) is 174 Å². The molecule has 0 unspecified atom stereocenters. The van der Waals surface area contributed by atoms with Crippen molar-refractivity contribution < 1.29 is 14.7 Å². The Labute approximate surface area is 490 Å². The molecule has 13 rings (SSSR count). The number of aromatic nitrogens is 1. The monoisotopic (exact) mass is 1090 g/mol. The lowest BCUT2D eigenvalue weighted by molar-refractivity contribution is 0.102. The van der Waals surface area contributed by atoms with E-state index in [0.717, 1.165) is 85.5 Å². The van der Waals surface area contributed by atoms with Crippen LogP contribution >= 0.6 is 0 Å². The summed E-state index contributed by atoms with van der Waals surface area (Å²) < 4.78 is 2.30. The maximum atomic E-state index is 13.9. The molecule has 0 aliphatic heterocycles. The van der Waals surface area contributed by atoms with Gasteiger partial charge in [0, 0.05) is 73.3 Å². The van der Waals surface area contributed by atoms with E-state index in [1.165, 1.54) is 27.8 Å². The van der Waals surface area contributed by atoms with E-state index in [-0.39, 0.29) is 22.9 Å². The summed E-state index contributed by atoms with van der Waals surface area (Å²) in [5.41, 5.74) is 19.8. The fourth-order valence-corrected chi connectivity index (χ4v) is 11.8. The summed E-state index contributed by atoms with van der Waals surface area (Å²) in [6.07, 6.45) is 1.86. The molecule has 1 heterocycles. The number of carbonyl (C=O) groups excluding carboxylic acids is 2. The molecule has 1 aromatic heterocycles. The largest absolute Gasteiger partial charge is 0.507 e. The Balaban J connectivity index is 0.873. The fourth-order valence-electron chi connectivity index (χ4n) is 11.8. The van der Waals surface area contributed by atoms with Crippen LogP contribution in [0.2, 0.25) is 0 Å². The highest BCUT2D eigenvalue weighted by atomic mass is 16.3. The zero-order valence-electron chi connectivity index (χ0n) is 46.7. The zero-order chi connectivity index (χ0) is 57.1. The molecule has 0 radical (unpaired) electrons. The molecule has 0 aliphatic rings. The minimum absolute atomic E-state index is 0.00553. The van der Waals surface area contributed by atoms with Crippen LogP contribution in [0.15, 0.2) is 291 Å². The van der Waals surface area contributed by atoms with E-state index in [9.17, 15) is 14.7 Å². The molecule has 0 saturated heterocycles. The molecule has 0 amide bonds. The molecule has 12 aromatic carbocycles. The lowest BCUT2D eigenvalue weighted by Gasteiger charge is -2.28. The number of benzene rings is 12. The normalized spacial score (nSPS) is 11.2. The fraction of sp³-hybridized carbons (Fsp3) is 0.0513. The standard InChI is InChI=1S/C78H59N3O3/c1-53-31-38-65(50-72(53)69-28-16-15-21-58(69)33-32-55-19-7-3-8-20-55)79(64-43-46-68(54(2)49-64)77(83)59-22-9-4-10-23-59)62-39-34-56(35-40-62)57-36-41-63(42-37-57)80(67-44-47-71(76(82)52-67)78(84)60-24-11-5-12-25-60)66-45-48-75-73(51-66)70-29-17-18-30-74(70)81(75)61-26-13-6-14-27-61/h3-31,34-52,82H,32-33H2,1-2H3. The number of anilines is 6. The number of phenolic OH excluding ortho intramolecular Hbond substituents is 1. The molecule has 0 aliphatic carbocycles. The molecule has 0 fully saturated rings. The smallest absolute Gasteiger partial charge is 0.196 e. The Kier molecular flexibility index (Phi) is 14.4. The molecule has 0 bridgehead atoms. The third-order valence-electron chi connectivity index (χ3n) is 16.1. The van der Waals surface area contributed by atoms with Crippen LogP contribution in [0.4, 0.5) is 34.1 Å². The number of carbonyl (C=O) groups is 2. The quantitative estimate of drug-likeness (QED) is 0.0977. The van der Waals surface area contributed by atoms with E-state index in [1.54, 1.807) is 24.3 Å². The van der Waals surface area contributed by atoms with Gasteiger partial charge in [0.2, 0.25) is 0 Å². The van der Waals surface area contributed by atoms with Crippen molar-refractivity contribution in [3.05, 3.63) is 336 Å². The van der Waals surface area contributed by atoms with Crippen molar-refractivity contribution in [2.45, 2.75) is 26.7 Å². The molecular weight excluding hydrogens is 1030 g/mol. The Hall–Kier alpha value is -10.8. The minimum atomic E-state index is -0.247. The van der Waals surface area contributed by atoms with Crippen LogP contribution < -0.4 is 9.80 Å². The van der Waals surface area contributed by atoms with Crippen molar-refractivity contribution in [3.63, 3.8) is 0 Å². The number of aryl methyl sites for hydroxylation is 4. The van der Waals surface area contributed by atoms with Crippen molar-refractivity contribution in [2.24, 2.45) is 0 Å². The number of hydrogen-bond acceptors (Lipinski definition) is 5. The van der Waals surface area contributed by atoms with Crippen LogP contribution in [0.25, 0.3) is 49.7 Å². The van der Waals surface area contributed by atoms with Crippen molar-refractivity contribution in [1.82, 2.24) is 4.57 Å². The number of phenols is 1. The number of hydrogen-bond donors (Lipinski definition) is 1. The first-order chi connectivity index (χ1) is 41.2. The Morgan fingerprint density at radius 2 is 0.845 bits per heavy atom. The SMILES string of the molecule is Cc1cc(N(c2ccc(-c3ccc(N(c4ccc(C(=O)c5ccccc5)c(O)c4)c4ccc5c(c4)c4ccccc4n5-c4ccccc4)cc3)cc2)c2ccc(C)c(-c3ccccc3CCc3ccccc3)c2)ccc1C(=O)c1ccccc1. The summed E-state index contributed by atoms with van der Waals surface area (Å²) in [6.45, 7) is 4.20. The van der Waals surface area contributed by atoms with Crippen LogP contribution in [-0.4, -0.2) is 21.2 Å². The lowest BCUT2D eigenvalue weighted by Crippen LogP contribution is -2.12. The second kappa shape index (κ2) is 23.0. The Morgan fingerprint density at radius 3 is 1.48 bits per heavy atom. The topological polar surface area (TPSA) is 65.8 Å². The second-order valence-corrected chi connectivity index (χ2v) is 21.4. The van der Waals surface area contributed by atoms with Gasteiger partial charge in [-0.3, -0.25) is 9.59 Å². The Bertz CT molecular complexity index is 4540. The van der Waals surface area contributed by atoms with E-state index < -0.39 is 0 Å². The molecule has 0 spiro atoms. The third kappa shape index (κ3) is 10.3. The predicted molar refractivity (Wildman–Crippen MR) is 346 cm³/mol. The summed E-state index contributed by atoms with van der Waals surface area (Å²) in [7, 11) is 0. The number of para-hydroxylation sites is 2. The number of nitrogens with zero attached hydrogens (tertiary/aromatic N) is 3. The molecule has 404 valence electrons. The van der Waals surface area contributed by atoms with Gasteiger partial charge in [0.15, 0.2) is 11.6 Å². The van der Waals surface area contributed by atoms with E-state index in [2.05, 4.69) is 221 Å². The van der Waals surface area contributed by atoms with Gasteiger partial charge in [0.1, 0.15) is 5.75 Å². The molecule has 6 heteroatoms. The minimum Gasteiger partial charge on any atom is -0.507 e. The van der Waals surface area contributed by atoms with Gasteiger partial charge in [0.25, 0.3) is 0 Å². The average molecular weight is 1090 g/mol.